The maximum absolute atomic E-state index is 12.9. The minimum absolute atomic E-state index is 0.0951. The number of carbonyl (C=O) groups excluding carboxylic acids is 2. The van der Waals surface area contributed by atoms with E-state index in [0.717, 1.165) is 0 Å². The number of anilines is 1. The molecule has 0 radical (unpaired) electrons. The second kappa shape index (κ2) is 7.67. The lowest BCUT2D eigenvalue weighted by Crippen LogP contribution is -2.50. The highest BCUT2D eigenvalue weighted by atomic mass is 35.5. The fraction of sp³-hybridized carbons (Fsp3) is 0.294. The molecule has 25 heavy (non-hydrogen) atoms. The van der Waals surface area contributed by atoms with Gasteiger partial charge in [-0.2, -0.15) is 0 Å². The molecule has 2 aromatic rings. The monoisotopic (exact) mass is 364 g/mol. The Morgan fingerprint density at radius 3 is 2.44 bits per heavy atom. The number of nitrogens with one attached hydrogen (secondary N) is 2. The molecule has 3 rings (SSSR count). The van der Waals surface area contributed by atoms with Gasteiger partial charge in [0.2, 0.25) is 5.91 Å². The molecular weight excluding hydrogens is 347 g/mol. The molecule has 2 N–H and O–H groups in total. The van der Waals surface area contributed by atoms with Crippen LogP contribution in [0.1, 0.15) is 10.5 Å². The van der Waals surface area contributed by atoms with E-state index in [0.29, 0.717) is 42.6 Å². The summed E-state index contributed by atoms with van der Waals surface area (Å²) < 4.78 is 12.9. The van der Waals surface area contributed by atoms with Crippen molar-refractivity contribution in [3.8, 4) is 0 Å². The molecule has 1 aromatic carbocycles. The highest BCUT2D eigenvalue weighted by molar-refractivity contribution is 6.30. The van der Waals surface area contributed by atoms with Crippen molar-refractivity contribution >= 4 is 29.1 Å². The Hall–Kier alpha value is -2.38. The molecule has 0 unspecified atom stereocenters. The summed E-state index contributed by atoms with van der Waals surface area (Å²) in [6.07, 6.45) is 1.57. The van der Waals surface area contributed by atoms with Crippen LogP contribution >= 0.6 is 11.6 Å². The van der Waals surface area contributed by atoms with Gasteiger partial charge in [-0.3, -0.25) is 14.5 Å². The van der Waals surface area contributed by atoms with Gasteiger partial charge in [-0.25, -0.2) is 4.39 Å². The van der Waals surface area contributed by atoms with Crippen LogP contribution in [0.5, 0.6) is 0 Å². The quantitative estimate of drug-likeness (QED) is 0.874. The molecule has 1 aliphatic heterocycles. The minimum atomic E-state index is -0.345. The van der Waals surface area contributed by atoms with Crippen LogP contribution in [0.2, 0.25) is 5.02 Å². The first-order chi connectivity index (χ1) is 12.0. The summed E-state index contributed by atoms with van der Waals surface area (Å²) in [5.74, 6) is -0.605. The van der Waals surface area contributed by atoms with Gasteiger partial charge in [-0.1, -0.05) is 11.6 Å². The summed E-state index contributed by atoms with van der Waals surface area (Å²) in [4.78, 5) is 30.9. The summed E-state index contributed by atoms with van der Waals surface area (Å²) in [6, 6.07) is 7.24. The molecule has 0 spiro atoms. The molecule has 0 saturated carbocycles. The first-order valence-corrected chi connectivity index (χ1v) is 8.30. The van der Waals surface area contributed by atoms with Gasteiger partial charge < -0.3 is 15.2 Å². The van der Waals surface area contributed by atoms with Crippen molar-refractivity contribution in [2.45, 2.75) is 0 Å². The summed E-state index contributed by atoms with van der Waals surface area (Å²) in [5.41, 5.74) is 1.02. The zero-order valence-electron chi connectivity index (χ0n) is 13.5. The number of rotatable bonds is 4. The van der Waals surface area contributed by atoms with Gasteiger partial charge in [-0.15, -0.1) is 0 Å². The van der Waals surface area contributed by atoms with Gasteiger partial charge in [0.1, 0.15) is 11.5 Å². The third kappa shape index (κ3) is 4.58. The fourth-order valence-electron chi connectivity index (χ4n) is 2.71. The number of benzene rings is 1. The van der Waals surface area contributed by atoms with Crippen LogP contribution in [-0.4, -0.2) is 59.3 Å². The van der Waals surface area contributed by atoms with Crippen LogP contribution in [0, 0.1) is 5.82 Å². The van der Waals surface area contributed by atoms with Crippen molar-refractivity contribution in [1.29, 1.82) is 0 Å². The Bertz CT molecular complexity index is 754. The Morgan fingerprint density at radius 1 is 1.16 bits per heavy atom. The second-order valence-corrected chi connectivity index (χ2v) is 6.29. The van der Waals surface area contributed by atoms with Gasteiger partial charge in [0.05, 0.1) is 11.6 Å². The smallest absolute Gasteiger partial charge is 0.270 e. The molecule has 0 atom stereocenters. The summed E-state index contributed by atoms with van der Waals surface area (Å²) in [5, 5.41) is 3.23. The number of halogens is 2. The van der Waals surface area contributed by atoms with Crippen molar-refractivity contribution in [2.75, 3.05) is 38.0 Å². The average molecular weight is 365 g/mol. The molecule has 0 aliphatic carbocycles. The molecule has 1 saturated heterocycles. The van der Waals surface area contributed by atoms with E-state index in [9.17, 15) is 14.0 Å². The van der Waals surface area contributed by atoms with Crippen molar-refractivity contribution in [2.24, 2.45) is 0 Å². The van der Waals surface area contributed by atoms with E-state index in [1.54, 1.807) is 17.2 Å². The molecule has 8 heteroatoms. The molecule has 1 fully saturated rings. The number of aromatic amines is 1. The summed E-state index contributed by atoms with van der Waals surface area (Å²) in [6.45, 7) is 2.53. The number of aromatic nitrogens is 1. The highest BCUT2D eigenvalue weighted by Crippen LogP contribution is 2.13. The molecule has 6 nitrogen and oxygen atoms in total. The minimum Gasteiger partial charge on any atom is -0.356 e. The third-order valence-corrected chi connectivity index (χ3v) is 4.25. The Morgan fingerprint density at radius 2 is 1.84 bits per heavy atom. The topological polar surface area (TPSA) is 68.4 Å². The molecule has 2 amide bonds. The van der Waals surface area contributed by atoms with E-state index in [1.165, 1.54) is 24.3 Å². The van der Waals surface area contributed by atoms with Crippen LogP contribution in [0.4, 0.5) is 10.1 Å². The number of hydrogen-bond acceptors (Lipinski definition) is 3. The molecule has 2 heterocycles. The van der Waals surface area contributed by atoms with Crippen molar-refractivity contribution in [3.63, 3.8) is 0 Å². The van der Waals surface area contributed by atoms with E-state index in [4.69, 9.17) is 11.6 Å². The average Bonchev–Trinajstić information content (AvgIpc) is 3.03. The predicted octanol–water partition coefficient (Wildman–Crippen LogP) is 2.20. The number of amides is 2. The number of carbonyl (C=O) groups is 2. The fourth-order valence-corrected chi connectivity index (χ4v) is 2.87. The van der Waals surface area contributed by atoms with Crippen LogP contribution < -0.4 is 5.32 Å². The van der Waals surface area contributed by atoms with E-state index in [-0.39, 0.29) is 24.2 Å². The lowest BCUT2D eigenvalue weighted by molar-refractivity contribution is -0.117. The van der Waals surface area contributed by atoms with Crippen molar-refractivity contribution in [3.05, 3.63) is 53.1 Å². The molecule has 0 bridgehead atoms. The first kappa shape index (κ1) is 17.4. The largest absolute Gasteiger partial charge is 0.356 e. The third-order valence-electron chi connectivity index (χ3n) is 4.03. The van der Waals surface area contributed by atoms with Gasteiger partial charge in [0.25, 0.3) is 5.91 Å². The van der Waals surface area contributed by atoms with E-state index < -0.39 is 0 Å². The Balaban J connectivity index is 1.46. The maximum atomic E-state index is 12.9. The van der Waals surface area contributed by atoms with Crippen LogP contribution in [0.3, 0.4) is 0 Å². The second-order valence-electron chi connectivity index (χ2n) is 5.85. The normalized spacial score (nSPS) is 15.2. The number of hydrogen-bond donors (Lipinski definition) is 2. The zero-order chi connectivity index (χ0) is 17.8. The van der Waals surface area contributed by atoms with E-state index in [2.05, 4.69) is 10.3 Å². The molecular formula is C17H18ClFN4O2. The summed E-state index contributed by atoms with van der Waals surface area (Å²) >= 11 is 5.82. The Kier molecular flexibility index (Phi) is 5.35. The summed E-state index contributed by atoms with van der Waals surface area (Å²) in [7, 11) is 0. The maximum Gasteiger partial charge on any atom is 0.270 e. The predicted molar refractivity (Wildman–Crippen MR) is 93.2 cm³/mol. The van der Waals surface area contributed by atoms with Gasteiger partial charge in [0, 0.05) is 38.1 Å². The van der Waals surface area contributed by atoms with Crippen LogP contribution in [-0.2, 0) is 4.79 Å². The molecule has 1 aromatic heterocycles. The van der Waals surface area contributed by atoms with E-state index in [1.807, 2.05) is 4.90 Å². The van der Waals surface area contributed by atoms with Gasteiger partial charge in [0.15, 0.2) is 0 Å². The van der Waals surface area contributed by atoms with E-state index >= 15 is 0 Å². The van der Waals surface area contributed by atoms with Gasteiger partial charge in [-0.05, 0) is 30.3 Å². The standard InChI is InChI=1S/C17H18ClFN4O2/c18-12-9-15(20-10-12)17(25)23-7-5-22(6-8-23)11-16(24)21-14-3-1-13(19)2-4-14/h1-4,9-10,20H,5-8,11H2,(H,21,24). The van der Waals surface area contributed by atoms with Gasteiger partial charge >= 0.3 is 0 Å². The van der Waals surface area contributed by atoms with Crippen molar-refractivity contribution < 1.29 is 14.0 Å². The first-order valence-electron chi connectivity index (χ1n) is 7.92. The number of piperazine rings is 1. The van der Waals surface area contributed by atoms with Crippen LogP contribution in [0.15, 0.2) is 36.5 Å². The molecule has 132 valence electrons. The number of nitrogens with zero attached hydrogens (tertiary/aromatic N) is 2. The lowest BCUT2D eigenvalue weighted by atomic mass is 10.2. The van der Waals surface area contributed by atoms with Crippen LogP contribution in [0.25, 0.3) is 0 Å². The highest BCUT2D eigenvalue weighted by Gasteiger charge is 2.24. The Labute approximate surface area is 149 Å². The SMILES string of the molecule is O=C(CN1CCN(C(=O)c2cc(Cl)c[nH]2)CC1)Nc1ccc(F)cc1. The van der Waals surface area contributed by atoms with Crippen molar-refractivity contribution in [1.82, 2.24) is 14.8 Å². The zero-order valence-corrected chi connectivity index (χ0v) is 14.2. The number of H-pyrrole nitrogens is 1. The molecule has 1 aliphatic rings. The lowest BCUT2D eigenvalue weighted by Gasteiger charge is -2.34.